The Bertz CT molecular complexity index is 1220. The van der Waals surface area contributed by atoms with Crippen molar-refractivity contribution in [1.29, 1.82) is 0 Å². The van der Waals surface area contributed by atoms with Gasteiger partial charge < -0.3 is 15.4 Å². The summed E-state index contributed by atoms with van der Waals surface area (Å²) in [6, 6.07) is 16.3. The second-order valence-electron chi connectivity index (χ2n) is 8.68. The highest BCUT2D eigenvalue weighted by atomic mass is 19.4. The zero-order valence-corrected chi connectivity index (χ0v) is 19.8. The molecule has 10 heteroatoms. The minimum Gasteiger partial charge on any atom is -0.493 e. The van der Waals surface area contributed by atoms with Crippen molar-refractivity contribution in [2.75, 3.05) is 18.5 Å². The van der Waals surface area contributed by atoms with Crippen LogP contribution in [0.4, 0.5) is 19.0 Å². The van der Waals surface area contributed by atoms with E-state index in [1.807, 2.05) is 18.2 Å². The first-order valence-corrected chi connectivity index (χ1v) is 11.8. The van der Waals surface area contributed by atoms with Gasteiger partial charge in [0.2, 0.25) is 11.8 Å². The van der Waals surface area contributed by atoms with Crippen molar-refractivity contribution in [1.82, 2.24) is 15.1 Å². The van der Waals surface area contributed by atoms with Crippen LogP contribution in [0, 0.1) is 5.92 Å². The number of nitrogens with one attached hydrogen (secondary N) is 2. The molecule has 0 aliphatic carbocycles. The molecule has 0 radical (unpaired) electrons. The molecule has 2 N–H and O–H groups in total. The Balaban J connectivity index is 1.60. The van der Waals surface area contributed by atoms with Crippen LogP contribution in [0.5, 0.6) is 5.75 Å². The molecule has 1 aromatic heterocycles. The van der Waals surface area contributed by atoms with Crippen molar-refractivity contribution in [3.8, 4) is 22.7 Å². The van der Waals surface area contributed by atoms with Crippen LogP contribution in [0.1, 0.15) is 31.7 Å². The van der Waals surface area contributed by atoms with E-state index < -0.39 is 25.1 Å². The monoisotopic (exact) mass is 500 g/mol. The molecule has 0 spiro atoms. The number of hydrogen-bond acceptors (Lipinski definition) is 4. The number of aryl methyl sites for hydroxylation is 1. The lowest BCUT2D eigenvalue weighted by molar-refractivity contribution is -0.139. The maximum Gasteiger partial charge on any atom is 0.392 e. The van der Waals surface area contributed by atoms with Crippen molar-refractivity contribution in [2.24, 2.45) is 5.92 Å². The van der Waals surface area contributed by atoms with Gasteiger partial charge in [-0.15, -0.1) is 5.10 Å². The Hall–Kier alpha value is -3.82. The number of hydrogen-bond donors (Lipinski definition) is 2. The number of carbonyl (C=O) groups excluding carboxylic acids is 2. The zero-order valence-electron chi connectivity index (χ0n) is 19.8. The number of rotatable bonds is 9. The van der Waals surface area contributed by atoms with E-state index in [-0.39, 0.29) is 24.8 Å². The summed E-state index contributed by atoms with van der Waals surface area (Å²) in [7, 11) is 0. The van der Waals surface area contributed by atoms with E-state index in [2.05, 4.69) is 28.7 Å². The Morgan fingerprint density at radius 2 is 1.97 bits per heavy atom. The van der Waals surface area contributed by atoms with E-state index in [4.69, 9.17) is 4.74 Å². The second kappa shape index (κ2) is 10.8. The lowest BCUT2D eigenvalue weighted by Crippen LogP contribution is -2.24. The van der Waals surface area contributed by atoms with Crippen LogP contribution in [0.25, 0.3) is 16.9 Å². The summed E-state index contributed by atoms with van der Waals surface area (Å²) >= 11 is 0. The van der Waals surface area contributed by atoms with Gasteiger partial charge in [0.25, 0.3) is 0 Å². The van der Waals surface area contributed by atoms with E-state index in [9.17, 15) is 22.8 Å². The molecule has 0 saturated carbocycles. The van der Waals surface area contributed by atoms with Gasteiger partial charge in [-0.1, -0.05) is 31.5 Å². The number of ether oxygens (including phenoxy) is 1. The van der Waals surface area contributed by atoms with Gasteiger partial charge >= 0.3 is 6.18 Å². The molecular formula is C26H27F3N4O3. The first-order chi connectivity index (χ1) is 17.2. The summed E-state index contributed by atoms with van der Waals surface area (Å²) in [5, 5.41) is 10.0. The minimum absolute atomic E-state index is 0.133. The van der Waals surface area contributed by atoms with Gasteiger partial charge in [0.1, 0.15) is 5.75 Å². The van der Waals surface area contributed by atoms with Gasteiger partial charge in [-0.2, -0.15) is 13.2 Å². The largest absolute Gasteiger partial charge is 0.493 e. The van der Waals surface area contributed by atoms with Crippen molar-refractivity contribution in [3.05, 3.63) is 60.2 Å². The van der Waals surface area contributed by atoms with E-state index in [0.717, 1.165) is 29.7 Å². The Kier molecular flexibility index (Phi) is 7.61. The van der Waals surface area contributed by atoms with Gasteiger partial charge in [-0.05, 0) is 42.3 Å². The third kappa shape index (κ3) is 6.44. The molecule has 36 heavy (non-hydrogen) atoms. The molecule has 1 fully saturated rings. The second-order valence-corrected chi connectivity index (χ2v) is 8.68. The van der Waals surface area contributed by atoms with Gasteiger partial charge in [-0.25, -0.2) is 4.68 Å². The summed E-state index contributed by atoms with van der Waals surface area (Å²) < 4.78 is 44.1. The number of benzene rings is 2. The van der Waals surface area contributed by atoms with Crippen LogP contribution in [-0.4, -0.2) is 40.9 Å². The predicted molar refractivity (Wildman–Crippen MR) is 129 cm³/mol. The van der Waals surface area contributed by atoms with Crippen LogP contribution in [0.2, 0.25) is 0 Å². The van der Waals surface area contributed by atoms with Gasteiger partial charge in [0.05, 0.1) is 30.3 Å². The fourth-order valence-electron chi connectivity index (χ4n) is 4.01. The standard InChI is InChI=1S/C26H27F3N4O3/c1-2-4-17-5-3-6-18(13-17)22-15-23(31-25(35)19-14-24(34)30-16-19)32-33(22)20-7-9-21(10-8-20)36-12-11-26(27,28)29/h3,5-10,13,15,19H,2,4,11-12,14,16H2,1H3,(H,30,34)(H,31,32,35)/t19-/m0/s1. The highest BCUT2D eigenvalue weighted by Gasteiger charge is 2.29. The maximum atomic E-state index is 12.7. The van der Waals surface area contributed by atoms with Crippen LogP contribution in [0.3, 0.4) is 0 Å². The SMILES string of the molecule is CCCc1cccc(-c2cc(NC(=O)[C@@H]3CNC(=O)C3)nn2-c2ccc(OCCC(F)(F)F)cc2)c1. The molecule has 1 atom stereocenters. The van der Waals surface area contributed by atoms with Gasteiger partial charge in [0.15, 0.2) is 5.82 Å². The van der Waals surface area contributed by atoms with Crippen LogP contribution in [0.15, 0.2) is 54.6 Å². The minimum atomic E-state index is -4.28. The van der Waals surface area contributed by atoms with Gasteiger partial charge in [0, 0.05) is 24.6 Å². The summed E-state index contributed by atoms with van der Waals surface area (Å²) in [6.45, 7) is 1.92. The smallest absolute Gasteiger partial charge is 0.392 e. The quantitative estimate of drug-likeness (QED) is 0.438. The molecular weight excluding hydrogens is 473 g/mol. The predicted octanol–water partition coefficient (Wildman–Crippen LogP) is 4.90. The molecule has 190 valence electrons. The Morgan fingerprint density at radius 3 is 2.64 bits per heavy atom. The fraction of sp³-hybridized carbons (Fsp3) is 0.346. The summed E-state index contributed by atoms with van der Waals surface area (Å²) in [4.78, 5) is 24.1. The molecule has 2 heterocycles. The number of alkyl halides is 3. The maximum absolute atomic E-state index is 12.7. The zero-order chi connectivity index (χ0) is 25.7. The van der Waals surface area contributed by atoms with Crippen molar-refractivity contribution in [2.45, 2.75) is 38.8 Å². The normalized spacial score (nSPS) is 15.6. The number of anilines is 1. The molecule has 2 aromatic carbocycles. The summed E-state index contributed by atoms with van der Waals surface area (Å²) in [6.07, 6.45) is -3.27. The number of aromatic nitrogens is 2. The Morgan fingerprint density at radius 1 is 1.19 bits per heavy atom. The molecule has 4 rings (SSSR count). The van der Waals surface area contributed by atoms with Crippen LogP contribution in [-0.2, 0) is 16.0 Å². The summed E-state index contributed by atoms with van der Waals surface area (Å²) in [5.41, 5.74) is 3.44. The number of carbonyl (C=O) groups is 2. The molecule has 1 saturated heterocycles. The third-order valence-electron chi connectivity index (χ3n) is 5.81. The average Bonchev–Trinajstić information content (AvgIpc) is 3.46. The van der Waals surface area contributed by atoms with E-state index in [1.165, 1.54) is 0 Å². The first kappa shape index (κ1) is 25.3. The molecule has 1 aliphatic rings. The lowest BCUT2D eigenvalue weighted by Gasteiger charge is -2.11. The number of amides is 2. The molecule has 7 nitrogen and oxygen atoms in total. The summed E-state index contributed by atoms with van der Waals surface area (Å²) in [5.74, 6) is -0.272. The first-order valence-electron chi connectivity index (χ1n) is 11.8. The third-order valence-corrected chi connectivity index (χ3v) is 5.81. The van der Waals surface area contributed by atoms with Gasteiger partial charge in [-0.3, -0.25) is 9.59 Å². The fourth-order valence-corrected chi connectivity index (χ4v) is 4.01. The van der Waals surface area contributed by atoms with E-state index in [0.29, 0.717) is 17.3 Å². The molecule has 0 unspecified atom stereocenters. The average molecular weight is 501 g/mol. The molecule has 0 bridgehead atoms. The molecule has 3 aromatic rings. The Labute approximate surface area is 206 Å². The lowest BCUT2D eigenvalue weighted by atomic mass is 10.0. The molecule has 2 amide bonds. The topological polar surface area (TPSA) is 85.3 Å². The number of halogens is 3. The van der Waals surface area contributed by atoms with E-state index in [1.54, 1.807) is 35.0 Å². The highest BCUT2D eigenvalue weighted by molar-refractivity contribution is 5.97. The van der Waals surface area contributed by atoms with Crippen molar-refractivity contribution >= 4 is 17.6 Å². The highest BCUT2D eigenvalue weighted by Crippen LogP contribution is 2.29. The van der Waals surface area contributed by atoms with Crippen LogP contribution >= 0.6 is 0 Å². The number of nitrogens with zero attached hydrogens (tertiary/aromatic N) is 2. The molecule has 1 aliphatic heterocycles. The van der Waals surface area contributed by atoms with Crippen LogP contribution < -0.4 is 15.4 Å². The van der Waals surface area contributed by atoms with E-state index >= 15 is 0 Å². The van der Waals surface area contributed by atoms with Crippen molar-refractivity contribution < 1.29 is 27.5 Å². The van der Waals surface area contributed by atoms with Crippen molar-refractivity contribution in [3.63, 3.8) is 0 Å².